The van der Waals surface area contributed by atoms with Crippen LogP contribution < -0.4 is 103 Å². The zero-order chi connectivity index (χ0) is 30.3. The second-order valence-electron chi connectivity index (χ2n) is 11.9. The molecule has 252 valence electrons. The Hall–Kier alpha value is 3.53. The molecule has 0 atom stereocenters. The van der Waals surface area contributed by atoms with E-state index in [2.05, 4.69) is 18.2 Å². The standard InChI is InChI=1S/C32H68O7P2.2K.2H/c1-3-5-7-9-11-13-15-17-19-21-23-25-27-29-31-37-41(36,39-40(33,34)35)38-32-30-28-26-24-22-20-18-16-14-12-10-8-6-4-2;;;;/h3-32H2,1-2H3,(H2,33,34,35);;;;/q;2*+1;2*-1. The first-order valence-corrected chi connectivity index (χ1v) is 20.5. The van der Waals surface area contributed by atoms with Crippen LogP contribution in [0.4, 0.5) is 0 Å². The number of hydrogen-bond donors (Lipinski definition) is 2. The van der Waals surface area contributed by atoms with Gasteiger partial charge in [-0.1, -0.05) is 181 Å². The Balaban J connectivity index is -0.00000133. The van der Waals surface area contributed by atoms with E-state index in [1.807, 2.05) is 0 Å². The number of rotatable bonds is 34. The maximum absolute atomic E-state index is 12.7. The molecular weight excluding hydrogens is 636 g/mol. The third-order valence-corrected chi connectivity index (χ3v) is 10.3. The minimum absolute atomic E-state index is 0. The van der Waals surface area contributed by atoms with Gasteiger partial charge in [-0.3, -0.25) is 9.05 Å². The molecule has 0 saturated heterocycles. The van der Waals surface area contributed by atoms with Gasteiger partial charge in [-0.2, -0.15) is 4.31 Å². The first kappa shape index (κ1) is 50.9. The fourth-order valence-corrected chi connectivity index (χ4v) is 7.36. The molecule has 0 aliphatic rings. The summed E-state index contributed by atoms with van der Waals surface area (Å²) in [7, 11) is -9.26. The van der Waals surface area contributed by atoms with Gasteiger partial charge in [0.2, 0.25) is 0 Å². The molecule has 43 heavy (non-hydrogen) atoms. The molecule has 0 aliphatic heterocycles. The van der Waals surface area contributed by atoms with Crippen molar-refractivity contribution in [2.24, 2.45) is 0 Å². The summed E-state index contributed by atoms with van der Waals surface area (Å²) in [6.45, 7) is 4.72. The molecule has 0 unspecified atom stereocenters. The van der Waals surface area contributed by atoms with E-state index in [9.17, 15) is 9.13 Å². The van der Waals surface area contributed by atoms with E-state index in [1.54, 1.807) is 0 Å². The normalized spacial score (nSPS) is 11.8. The largest absolute Gasteiger partial charge is 1.00 e. The number of phosphoric acid groups is 2. The van der Waals surface area contributed by atoms with Crippen molar-refractivity contribution in [3.05, 3.63) is 0 Å². The van der Waals surface area contributed by atoms with E-state index < -0.39 is 15.6 Å². The number of unbranched alkanes of at least 4 members (excludes halogenated alkanes) is 26. The monoisotopic (exact) mass is 706 g/mol. The molecule has 0 amide bonds. The fraction of sp³-hybridized carbons (Fsp3) is 1.00. The fourth-order valence-electron chi connectivity index (χ4n) is 5.16. The zero-order valence-electron chi connectivity index (χ0n) is 31.0. The third kappa shape index (κ3) is 41.6. The van der Waals surface area contributed by atoms with Gasteiger partial charge in [0.05, 0.1) is 13.2 Å². The van der Waals surface area contributed by atoms with Gasteiger partial charge in [-0.25, -0.2) is 9.13 Å². The van der Waals surface area contributed by atoms with Crippen molar-refractivity contribution in [2.45, 2.75) is 194 Å². The molecule has 0 bridgehead atoms. The molecule has 0 heterocycles. The average molecular weight is 707 g/mol. The summed E-state index contributed by atoms with van der Waals surface area (Å²) in [4.78, 5) is 18.3. The van der Waals surface area contributed by atoms with E-state index in [0.29, 0.717) is 12.8 Å². The Labute approximate surface area is 355 Å². The molecule has 0 fully saturated rings. The van der Waals surface area contributed by atoms with Crippen molar-refractivity contribution in [3.8, 4) is 0 Å². The molecule has 0 aromatic heterocycles. The molecule has 0 radical (unpaired) electrons. The Kier molecular flexibility index (Phi) is 45.4. The molecule has 11 heteroatoms. The Morgan fingerprint density at radius 2 is 0.628 bits per heavy atom. The third-order valence-electron chi connectivity index (χ3n) is 7.70. The van der Waals surface area contributed by atoms with Gasteiger partial charge in [0.15, 0.2) is 0 Å². The summed E-state index contributed by atoms with van der Waals surface area (Å²) in [5, 5.41) is 0. The van der Waals surface area contributed by atoms with Crippen molar-refractivity contribution in [1.82, 2.24) is 0 Å². The summed E-state index contributed by atoms with van der Waals surface area (Å²) >= 11 is 0. The first-order chi connectivity index (χ1) is 19.8. The molecule has 0 aromatic rings. The Morgan fingerprint density at radius 3 is 0.837 bits per heavy atom. The van der Waals surface area contributed by atoms with Crippen LogP contribution in [0.25, 0.3) is 0 Å². The van der Waals surface area contributed by atoms with Crippen LogP contribution in [-0.2, 0) is 22.5 Å². The number of hydrogen-bond acceptors (Lipinski definition) is 5. The van der Waals surface area contributed by atoms with Crippen molar-refractivity contribution < 1.29 is 138 Å². The van der Waals surface area contributed by atoms with E-state index in [-0.39, 0.29) is 119 Å². The summed E-state index contributed by atoms with van der Waals surface area (Å²) in [6, 6.07) is 0. The quantitative estimate of drug-likeness (QED) is 0.0452. The van der Waals surface area contributed by atoms with Crippen molar-refractivity contribution in [3.63, 3.8) is 0 Å². The van der Waals surface area contributed by atoms with Crippen LogP contribution >= 0.6 is 15.6 Å². The van der Waals surface area contributed by atoms with Crippen LogP contribution in [0.5, 0.6) is 0 Å². The van der Waals surface area contributed by atoms with Crippen molar-refractivity contribution in [1.29, 1.82) is 0 Å². The van der Waals surface area contributed by atoms with Crippen LogP contribution in [0.2, 0.25) is 0 Å². The van der Waals surface area contributed by atoms with Gasteiger partial charge in [0.25, 0.3) is 0 Å². The Morgan fingerprint density at radius 1 is 0.419 bits per heavy atom. The van der Waals surface area contributed by atoms with Gasteiger partial charge >= 0.3 is 118 Å². The second kappa shape index (κ2) is 38.3. The van der Waals surface area contributed by atoms with Gasteiger partial charge in [0.1, 0.15) is 0 Å². The molecule has 2 N–H and O–H groups in total. The summed E-state index contributed by atoms with van der Waals surface area (Å²) in [5.41, 5.74) is 0. The molecule has 0 saturated carbocycles. The average Bonchev–Trinajstić information content (AvgIpc) is 2.92. The second-order valence-corrected chi connectivity index (χ2v) is 14.9. The maximum Gasteiger partial charge on any atom is 1.00 e. The predicted molar refractivity (Wildman–Crippen MR) is 175 cm³/mol. The van der Waals surface area contributed by atoms with E-state index in [0.717, 1.165) is 25.7 Å². The molecule has 0 aromatic carbocycles. The van der Waals surface area contributed by atoms with Gasteiger partial charge < -0.3 is 12.6 Å². The predicted octanol–water partition coefficient (Wildman–Crippen LogP) is 6.43. The Bertz CT molecular complexity index is 613. The van der Waals surface area contributed by atoms with Crippen LogP contribution in [0.1, 0.15) is 196 Å². The molecule has 0 rings (SSSR count). The maximum atomic E-state index is 12.7. The van der Waals surface area contributed by atoms with E-state index in [4.69, 9.17) is 18.8 Å². The van der Waals surface area contributed by atoms with Crippen LogP contribution in [0.15, 0.2) is 0 Å². The van der Waals surface area contributed by atoms with E-state index in [1.165, 1.54) is 141 Å². The smallest absolute Gasteiger partial charge is 1.00 e. The topological polar surface area (TPSA) is 102 Å². The molecule has 0 aliphatic carbocycles. The van der Waals surface area contributed by atoms with E-state index >= 15 is 0 Å². The molecule has 7 nitrogen and oxygen atoms in total. The number of phosphoric ester groups is 1. The van der Waals surface area contributed by atoms with Gasteiger partial charge in [-0.15, -0.1) is 0 Å². The summed E-state index contributed by atoms with van der Waals surface area (Å²) in [6.07, 6.45) is 34.3. The van der Waals surface area contributed by atoms with Crippen LogP contribution in [-0.4, -0.2) is 23.0 Å². The summed E-state index contributed by atoms with van der Waals surface area (Å²) < 4.78 is 39.0. The van der Waals surface area contributed by atoms with Gasteiger partial charge in [0, 0.05) is 0 Å². The molecule has 0 spiro atoms. The summed E-state index contributed by atoms with van der Waals surface area (Å²) in [5.74, 6) is 0. The van der Waals surface area contributed by atoms with Crippen molar-refractivity contribution in [2.75, 3.05) is 13.2 Å². The minimum atomic E-state index is -4.98. The van der Waals surface area contributed by atoms with Crippen LogP contribution in [0.3, 0.4) is 0 Å². The first-order valence-electron chi connectivity index (χ1n) is 17.5. The zero-order valence-corrected chi connectivity index (χ0v) is 37.1. The van der Waals surface area contributed by atoms with Crippen molar-refractivity contribution >= 4 is 15.6 Å². The van der Waals surface area contributed by atoms with Crippen LogP contribution in [0, 0.1) is 0 Å². The molecular formula is C32H70K2O7P2. The van der Waals surface area contributed by atoms with Gasteiger partial charge in [-0.05, 0) is 12.8 Å². The minimum Gasteiger partial charge on any atom is -1.00 e. The SMILES string of the molecule is CCCCCCCCCCCCCCCCOP(=O)(OCCCCCCCCCCCCCCCC)OP(=O)(O)O.[H-].[H-].[K+].[K+].